The lowest BCUT2D eigenvalue weighted by molar-refractivity contribution is -0.149. The number of carboxylic acid groups (broad SMARTS) is 1. The van der Waals surface area contributed by atoms with Gasteiger partial charge in [0, 0.05) is 0 Å². The van der Waals surface area contributed by atoms with Crippen molar-refractivity contribution in [2.24, 2.45) is 5.92 Å². The van der Waals surface area contributed by atoms with Gasteiger partial charge < -0.3 is 10.4 Å². The summed E-state index contributed by atoms with van der Waals surface area (Å²) >= 11 is 0. The second-order valence-electron chi connectivity index (χ2n) is 6.19. The van der Waals surface area contributed by atoms with Crippen LogP contribution in [0.5, 0.6) is 0 Å². The van der Waals surface area contributed by atoms with Crippen molar-refractivity contribution in [3.05, 3.63) is 35.9 Å². The van der Waals surface area contributed by atoms with Gasteiger partial charge in [-0.05, 0) is 44.1 Å². The number of carbonyl (C=O) groups excluding carboxylic acids is 1. The molecule has 2 N–H and O–H groups in total. The van der Waals surface area contributed by atoms with Crippen LogP contribution in [0.2, 0.25) is 0 Å². The molecule has 1 amide bonds. The van der Waals surface area contributed by atoms with Crippen LogP contribution in [0.15, 0.2) is 30.3 Å². The molecule has 1 aromatic carbocycles. The Morgan fingerprint density at radius 3 is 2.33 bits per heavy atom. The van der Waals surface area contributed by atoms with Crippen molar-refractivity contribution in [1.29, 1.82) is 0 Å². The Kier molecular flexibility index (Phi) is 4.66. The highest BCUT2D eigenvalue weighted by atomic mass is 16.4. The summed E-state index contributed by atoms with van der Waals surface area (Å²) in [5, 5.41) is 12.4. The normalized spacial score (nSPS) is 26.9. The van der Waals surface area contributed by atoms with Crippen LogP contribution in [0.3, 0.4) is 0 Å². The predicted molar refractivity (Wildman–Crippen MR) is 81.0 cm³/mol. The molecule has 114 valence electrons. The van der Waals surface area contributed by atoms with Crippen LogP contribution in [-0.2, 0) is 9.59 Å². The highest BCUT2D eigenvalue weighted by Gasteiger charge is 2.43. The lowest BCUT2D eigenvalue weighted by Crippen LogP contribution is -2.57. The fourth-order valence-corrected chi connectivity index (χ4v) is 2.88. The fraction of sp³-hybridized carbons (Fsp3) is 0.529. The Balaban J connectivity index is 2.10. The van der Waals surface area contributed by atoms with Gasteiger partial charge in [-0.2, -0.15) is 0 Å². The molecule has 0 aromatic heterocycles. The zero-order valence-corrected chi connectivity index (χ0v) is 12.6. The van der Waals surface area contributed by atoms with Crippen molar-refractivity contribution >= 4 is 11.9 Å². The molecule has 0 bridgehead atoms. The molecule has 0 saturated heterocycles. The summed E-state index contributed by atoms with van der Waals surface area (Å²) in [4.78, 5) is 24.1. The lowest BCUT2D eigenvalue weighted by Gasteiger charge is -2.37. The molecule has 1 atom stereocenters. The SMILES string of the molecule is CC1CCC(NC(=O)[C@H](C)c2ccccc2)(C(=O)O)CC1. The number of amides is 1. The van der Waals surface area contributed by atoms with E-state index in [0.717, 1.165) is 18.4 Å². The van der Waals surface area contributed by atoms with Gasteiger partial charge in [0.15, 0.2) is 0 Å². The molecule has 0 heterocycles. The van der Waals surface area contributed by atoms with Crippen molar-refractivity contribution in [2.75, 3.05) is 0 Å². The summed E-state index contributed by atoms with van der Waals surface area (Å²) in [7, 11) is 0. The summed E-state index contributed by atoms with van der Waals surface area (Å²) in [5.41, 5.74) is -0.188. The van der Waals surface area contributed by atoms with Gasteiger partial charge >= 0.3 is 5.97 Å². The Morgan fingerprint density at radius 1 is 1.24 bits per heavy atom. The van der Waals surface area contributed by atoms with Gasteiger partial charge in [0.2, 0.25) is 5.91 Å². The van der Waals surface area contributed by atoms with Gasteiger partial charge in [0.1, 0.15) is 5.54 Å². The molecule has 1 saturated carbocycles. The molecule has 1 fully saturated rings. The van der Waals surface area contributed by atoms with Crippen LogP contribution in [-0.4, -0.2) is 22.5 Å². The summed E-state index contributed by atoms with van der Waals surface area (Å²) in [6, 6.07) is 9.44. The molecule has 0 radical (unpaired) electrons. The number of hydrogen-bond acceptors (Lipinski definition) is 2. The summed E-state index contributed by atoms with van der Waals surface area (Å²) in [6.45, 7) is 3.94. The van der Waals surface area contributed by atoms with Gasteiger partial charge in [-0.3, -0.25) is 4.79 Å². The van der Waals surface area contributed by atoms with E-state index in [-0.39, 0.29) is 11.8 Å². The highest BCUT2D eigenvalue weighted by molar-refractivity contribution is 5.90. The van der Waals surface area contributed by atoms with E-state index in [9.17, 15) is 14.7 Å². The second kappa shape index (κ2) is 6.29. The Labute approximate surface area is 125 Å². The van der Waals surface area contributed by atoms with Crippen LogP contribution < -0.4 is 5.32 Å². The van der Waals surface area contributed by atoms with Gasteiger partial charge in [-0.15, -0.1) is 0 Å². The van der Waals surface area contributed by atoms with Crippen LogP contribution in [0.25, 0.3) is 0 Å². The van der Waals surface area contributed by atoms with E-state index >= 15 is 0 Å². The summed E-state index contributed by atoms with van der Waals surface area (Å²) in [6.07, 6.45) is 2.70. The highest BCUT2D eigenvalue weighted by Crippen LogP contribution is 2.33. The first kappa shape index (κ1) is 15.5. The van der Waals surface area contributed by atoms with E-state index in [1.165, 1.54) is 0 Å². The molecule has 1 aliphatic rings. The smallest absolute Gasteiger partial charge is 0.329 e. The third-order valence-corrected chi connectivity index (χ3v) is 4.59. The molecule has 0 spiro atoms. The second-order valence-corrected chi connectivity index (χ2v) is 6.19. The van der Waals surface area contributed by atoms with Gasteiger partial charge in [-0.1, -0.05) is 37.3 Å². The molecule has 4 nitrogen and oxygen atoms in total. The Bertz CT molecular complexity index is 504. The van der Waals surface area contributed by atoms with Crippen molar-refractivity contribution in [1.82, 2.24) is 5.32 Å². The third-order valence-electron chi connectivity index (χ3n) is 4.59. The molecule has 1 aromatic rings. The van der Waals surface area contributed by atoms with Crippen molar-refractivity contribution in [3.63, 3.8) is 0 Å². The number of carboxylic acids is 1. The monoisotopic (exact) mass is 289 g/mol. The number of aliphatic carboxylic acids is 1. The van der Waals surface area contributed by atoms with Crippen LogP contribution in [0, 0.1) is 5.92 Å². The molecule has 4 heteroatoms. The number of rotatable bonds is 4. The maximum absolute atomic E-state index is 12.4. The average Bonchev–Trinajstić information content (AvgIpc) is 2.49. The topological polar surface area (TPSA) is 66.4 Å². The summed E-state index contributed by atoms with van der Waals surface area (Å²) < 4.78 is 0. The van der Waals surface area contributed by atoms with Crippen molar-refractivity contribution in [2.45, 2.75) is 51.0 Å². The standard InChI is InChI=1S/C17H23NO3/c1-12-8-10-17(11-9-12,16(20)21)18-15(19)13(2)14-6-4-3-5-7-14/h3-7,12-13H,8-11H2,1-2H3,(H,18,19)(H,20,21)/t12?,13-,17?/m1/s1. The number of benzene rings is 1. The number of carbonyl (C=O) groups is 2. The first-order valence-corrected chi connectivity index (χ1v) is 7.55. The molecular formula is C17H23NO3. The number of nitrogens with one attached hydrogen (secondary N) is 1. The predicted octanol–water partition coefficient (Wildman–Crippen LogP) is 2.94. The molecule has 2 rings (SSSR count). The van der Waals surface area contributed by atoms with Crippen LogP contribution >= 0.6 is 0 Å². The first-order valence-electron chi connectivity index (χ1n) is 7.55. The maximum Gasteiger partial charge on any atom is 0.329 e. The summed E-state index contributed by atoms with van der Waals surface area (Å²) in [5.74, 6) is -0.941. The number of hydrogen-bond donors (Lipinski definition) is 2. The van der Waals surface area contributed by atoms with E-state index in [1.807, 2.05) is 37.3 Å². The zero-order valence-electron chi connectivity index (χ0n) is 12.6. The molecule has 21 heavy (non-hydrogen) atoms. The molecular weight excluding hydrogens is 266 g/mol. The maximum atomic E-state index is 12.4. The Morgan fingerprint density at radius 2 is 1.81 bits per heavy atom. The minimum absolute atomic E-state index is 0.210. The van der Waals surface area contributed by atoms with E-state index in [1.54, 1.807) is 0 Å². The van der Waals surface area contributed by atoms with E-state index in [0.29, 0.717) is 18.8 Å². The fourth-order valence-electron chi connectivity index (χ4n) is 2.88. The quantitative estimate of drug-likeness (QED) is 0.895. The van der Waals surface area contributed by atoms with Crippen LogP contribution in [0.1, 0.15) is 51.0 Å². The van der Waals surface area contributed by atoms with E-state index < -0.39 is 11.5 Å². The van der Waals surface area contributed by atoms with Crippen molar-refractivity contribution in [3.8, 4) is 0 Å². The largest absolute Gasteiger partial charge is 0.480 e. The van der Waals surface area contributed by atoms with Crippen LogP contribution in [0.4, 0.5) is 0 Å². The van der Waals surface area contributed by atoms with Gasteiger partial charge in [-0.25, -0.2) is 4.79 Å². The van der Waals surface area contributed by atoms with Gasteiger partial charge in [0.25, 0.3) is 0 Å². The minimum atomic E-state index is -1.09. The Hall–Kier alpha value is -1.84. The third kappa shape index (κ3) is 3.43. The average molecular weight is 289 g/mol. The first-order chi connectivity index (χ1) is 9.94. The van der Waals surface area contributed by atoms with E-state index in [2.05, 4.69) is 12.2 Å². The van der Waals surface area contributed by atoms with E-state index in [4.69, 9.17) is 0 Å². The molecule has 0 unspecified atom stereocenters. The minimum Gasteiger partial charge on any atom is -0.480 e. The molecule has 0 aliphatic heterocycles. The van der Waals surface area contributed by atoms with Crippen molar-refractivity contribution < 1.29 is 14.7 Å². The van der Waals surface area contributed by atoms with Gasteiger partial charge in [0.05, 0.1) is 5.92 Å². The zero-order chi connectivity index (χ0) is 15.5. The molecule has 1 aliphatic carbocycles. The lowest BCUT2D eigenvalue weighted by atomic mass is 9.76.